The maximum atomic E-state index is 12.7. The van der Waals surface area contributed by atoms with Gasteiger partial charge < -0.3 is 0 Å². The van der Waals surface area contributed by atoms with Crippen molar-refractivity contribution in [3.8, 4) is 5.69 Å². The Morgan fingerprint density at radius 2 is 1.95 bits per heavy atom. The molecule has 5 nitrogen and oxygen atoms in total. The third-order valence-electron chi connectivity index (χ3n) is 3.04. The second-order valence-corrected chi connectivity index (χ2v) is 8.70. The summed E-state index contributed by atoms with van der Waals surface area (Å²) >= 11 is 6.99. The lowest BCUT2D eigenvalue weighted by molar-refractivity contribution is 0.611. The highest BCUT2D eigenvalue weighted by atomic mass is 35.7. The fourth-order valence-corrected chi connectivity index (χ4v) is 4.43. The van der Waals surface area contributed by atoms with Gasteiger partial charge in [0.15, 0.2) is 0 Å². The number of thiophene rings is 1. The lowest BCUT2D eigenvalue weighted by Crippen LogP contribution is -2.21. The van der Waals surface area contributed by atoms with Gasteiger partial charge in [0.1, 0.15) is 14.9 Å². The highest BCUT2D eigenvalue weighted by Crippen LogP contribution is 2.29. The molecule has 9 heteroatoms. The van der Waals surface area contributed by atoms with Crippen LogP contribution in [0.15, 0.2) is 39.3 Å². The molecule has 0 fully saturated rings. The van der Waals surface area contributed by atoms with E-state index in [1.54, 1.807) is 31.2 Å². The maximum absolute atomic E-state index is 12.7. The summed E-state index contributed by atoms with van der Waals surface area (Å²) < 4.78 is 24.1. The molecule has 0 saturated carbocycles. The van der Waals surface area contributed by atoms with Crippen LogP contribution in [0.25, 0.3) is 15.9 Å². The second-order valence-electron chi connectivity index (χ2n) is 4.47. The normalized spacial score (nSPS) is 12.0. The fourth-order valence-electron chi connectivity index (χ4n) is 2.10. The van der Waals surface area contributed by atoms with Crippen molar-refractivity contribution in [1.82, 2.24) is 9.55 Å². The molecule has 0 atom stereocenters. The van der Waals surface area contributed by atoms with Crippen molar-refractivity contribution in [3.63, 3.8) is 0 Å². The molecule has 0 saturated heterocycles. The number of hydrogen-bond acceptors (Lipinski definition) is 5. The van der Waals surface area contributed by atoms with Gasteiger partial charge in [0.25, 0.3) is 14.6 Å². The zero-order chi connectivity index (χ0) is 16.1. The van der Waals surface area contributed by atoms with E-state index >= 15 is 0 Å². The molecule has 0 spiro atoms. The highest BCUT2D eigenvalue weighted by Gasteiger charge is 2.19. The van der Waals surface area contributed by atoms with Crippen molar-refractivity contribution in [2.24, 2.45) is 0 Å². The predicted octanol–water partition coefficient (Wildman–Crippen LogP) is 3.34. The van der Waals surface area contributed by atoms with Crippen molar-refractivity contribution in [2.75, 3.05) is 0 Å². The molecule has 0 radical (unpaired) electrons. The van der Waals surface area contributed by atoms with Crippen molar-refractivity contribution >= 4 is 52.9 Å². The van der Waals surface area contributed by atoms with E-state index in [0.717, 1.165) is 11.3 Å². The van der Waals surface area contributed by atoms with Crippen LogP contribution < -0.4 is 5.56 Å². The van der Waals surface area contributed by atoms with Crippen LogP contribution in [0.4, 0.5) is 0 Å². The Morgan fingerprint density at radius 1 is 1.27 bits per heavy atom. The fraction of sp³-hybridized carbons (Fsp3) is 0.0769. The first-order valence-corrected chi connectivity index (χ1v) is 9.52. The largest absolute Gasteiger partial charge is 0.270 e. The van der Waals surface area contributed by atoms with Gasteiger partial charge in [0, 0.05) is 10.7 Å². The third-order valence-corrected chi connectivity index (χ3v) is 6.47. The Balaban J connectivity index is 2.39. The first-order chi connectivity index (χ1) is 10.3. The molecule has 3 rings (SSSR count). The lowest BCUT2D eigenvalue weighted by atomic mass is 10.3. The van der Waals surface area contributed by atoms with Crippen LogP contribution in [0.5, 0.6) is 0 Å². The lowest BCUT2D eigenvalue weighted by Gasteiger charge is -2.10. The zero-order valence-corrected chi connectivity index (χ0v) is 14.2. The van der Waals surface area contributed by atoms with Gasteiger partial charge in [-0.1, -0.05) is 23.7 Å². The van der Waals surface area contributed by atoms with Gasteiger partial charge in [-0.15, -0.1) is 11.3 Å². The quantitative estimate of drug-likeness (QED) is 0.645. The van der Waals surface area contributed by atoms with Crippen LogP contribution >= 0.6 is 33.6 Å². The van der Waals surface area contributed by atoms with E-state index in [1.807, 2.05) is 0 Å². The molecule has 2 aromatic heterocycles. The van der Waals surface area contributed by atoms with E-state index in [-0.39, 0.29) is 9.60 Å². The molecular formula is C13H8Cl2N2O3S2. The van der Waals surface area contributed by atoms with Crippen LogP contribution in [-0.2, 0) is 9.05 Å². The summed E-state index contributed by atoms with van der Waals surface area (Å²) in [5, 5.41) is 0.587. The van der Waals surface area contributed by atoms with Crippen molar-refractivity contribution in [1.29, 1.82) is 0 Å². The molecule has 0 amide bonds. The standard InChI is InChI=1S/C13H8Cl2N2O3S2/c1-7-16-12-8(6-11(21-12)22(15,19)20)13(18)17(7)10-5-3-2-4-9(10)14/h2-6H,1H3. The molecule has 2 heterocycles. The van der Waals surface area contributed by atoms with Crippen molar-refractivity contribution < 1.29 is 8.42 Å². The van der Waals surface area contributed by atoms with Crippen LogP contribution in [-0.4, -0.2) is 18.0 Å². The molecule has 0 bridgehead atoms. The van der Waals surface area contributed by atoms with E-state index in [2.05, 4.69) is 4.98 Å². The number of para-hydroxylation sites is 1. The number of benzene rings is 1. The monoisotopic (exact) mass is 374 g/mol. The Labute approximate surface area is 139 Å². The average Bonchev–Trinajstić information content (AvgIpc) is 2.85. The first-order valence-electron chi connectivity index (χ1n) is 6.02. The summed E-state index contributed by atoms with van der Waals surface area (Å²) in [5.41, 5.74) is 0.0981. The van der Waals surface area contributed by atoms with Crippen LogP contribution in [0, 0.1) is 6.92 Å². The van der Waals surface area contributed by atoms with Crippen LogP contribution in [0.1, 0.15) is 5.82 Å². The molecule has 0 N–H and O–H groups in total. The molecule has 1 aromatic carbocycles. The minimum Gasteiger partial charge on any atom is -0.268 e. The van der Waals surface area contributed by atoms with Gasteiger partial charge in [0.2, 0.25) is 0 Å². The molecule has 114 valence electrons. The van der Waals surface area contributed by atoms with E-state index < -0.39 is 14.6 Å². The molecule has 0 unspecified atom stereocenters. The van der Waals surface area contributed by atoms with Gasteiger partial charge in [-0.3, -0.25) is 9.36 Å². The van der Waals surface area contributed by atoms with Gasteiger partial charge in [-0.2, -0.15) is 0 Å². The second kappa shape index (κ2) is 5.34. The van der Waals surface area contributed by atoms with Gasteiger partial charge >= 0.3 is 0 Å². The average molecular weight is 375 g/mol. The molecule has 3 aromatic rings. The smallest absolute Gasteiger partial charge is 0.268 e. The zero-order valence-electron chi connectivity index (χ0n) is 11.1. The summed E-state index contributed by atoms with van der Waals surface area (Å²) in [7, 11) is 1.43. The van der Waals surface area contributed by atoms with E-state index in [9.17, 15) is 13.2 Å². The van der Waals surface area contributed by atoms with Crippen LogP contribution in [0.2, 0.25) is 5.02 Å². The number of fused-ring (bicyclic) bond motifs is 1. The summed E-state index contributed by atoms with van der Waals surface area (Å²) in [6, 6.07) is 8.09. The summed E-state index contributed by atoms with van der Waals surface area (Å²) in [4.78, 5) is 17.3. The number of aromatic nitrogens is 2. The maximum Gasteiger partial charge on any atom is 0.270 e. The minimum atomic E-state index is -3.90. The number of rotatable bonds is 2. The Kier molecular flexibility index (Phi) is 3.76. The summed E-state index contributed by atoms with van der Waals surface area (Å²) in [6.45, 7) is 1.65. The highest BCUT2D eigenvalue weighted by molar-refractivity contribution is 8.15. The Bertz CT molecular complexity index is 1050. The number of halogens is 2. The predicted molar refractivity (Wildman–Crippen MR) is 88.0 cm³/mol. The van der Waals surface area contributed by atoms with Gasteiger partial charge in [-0.25, -0.2) is 13.4 Å². The topological polar surface area (TPSA) is 69.0 Å². The number of nitrogens with zero attached hydrogens (tertiary/aromatic N) is 2. The van der Waals surface area contributed by atoms with Crippen LogP contribution in [0.3, 0.4) is 0 Å². The molecule has 0 aliphatic carbocycles. The SMILES string of the molecule is Cc1nc2sc(S(=O)(=O)Cl)cc2c(=O)n1-c1ccccc1Cl. The molecular weight excluding hydrogens is 367 g/mol. The van der Waals surface area contributed by atoms with E-state index in [0.29, 0.717) is 21.4 Å². The summed E-state index contributed by atoms with van der Waals surface area (Å²) in [5.74, 6) is 0.408. The van der Waals surface area contributed by atoms with E-state index in [4.69, 9.17) is 22.3 Å². The van der Waals surface area contributed by atoms with Crippen molar-refractivity contribution in [2.45, 2.75) is 11.1 Å². The Hall–Kier alpha value is -1.41. The third kappa shape index (κ3) is 2.54. The summed E-state index contributed by atoms with van der Waals surface area (Å²) in [6.07, 6.45) is 0. The molecule has 0 aliphatic heterocycles. The number of hydrogen-bond donors (Lipinski definition) is 0. The minimum absolute atomic E-state index is 0.106. The first kappa shape index (κ1) is 15.5. The number of aryl methyl sites for hydroxylation is 1. The van der Waals surface area contributed by atoms with Gasteiger partial charge in [-0.05, 0) is 25.1 Å². The van der Waals surface area contributed by atoms with Crippen molar-refractivity contribution in [3.05, 3.63) is 51.5 Å². The van der Waals surface area contributed by atoms with Gasteiger partial charge in [0.05, 0.1) is 16.1 Å². The Morgan fingerprint density at radius 3 is 2.59 bits per heavy atom. The molecule has 0 aliphatic rings. The van der Waals surface area contributed by atoms with E-state index in [1.165, 1.54) is 10.6 Å². The molecule has 22 heavy (non-hydrogen) atoms.